The van der Waals surface area contributed by atoms with Crippen LogP contribution in [0.2, 0.25) is 0 Å². The van der Waals surface area contributed by atoms with Gasteiger partial charge in [0.2, 0.25) is 0 Å². The molecule has 0 rings (SSSR count). The van der Waals surface area contributed by atoms with Crippen LogP contribution >= 0.6 is 0 Å². The Balaban J connectivity index is 3.61. The Labute approximate surface area is 152 Å². The number of ketones is 1. The number of hydrogen-bond acceptors (Lipinski definition) is 1. The van der Waals surface area contributed by atoms with Crippen LogP contribution in [0.15, 0.2) is 11.6 Å². The van der Waals surface area contributed by atoms with E-state index in [0.717, 1.165) is 24.2 Å². The molecule has 0 N–H and O–H groups in total. The molecule has 0 saturated heterocycles. The smallest absolute Gasteiger partial charge is 0.130 e. The van der Waals surface area contributed by atoms with Gasteiger partial charge < -0.3 is 4.79 Å². The van der Waals surface area contributed by atoms with Crippen LogP contribution in [-0.2, 0) is 4.79 Å². The van der Waals surface area contributed by atoms with E-state index >= 15 is 0 Å². The summed E-state index contributed by atoms with van der Waals surface area (Å²) < 4.78 is 0. The molecule has 0 spiro atoms. The molecule has 0 heterocycles. The Hall–Kier alpha value is -0.590. The van der Waals surface area contributed by atoms with Crippen molar-refractivity contribution in [2.24, 2.45) is 17.8 Å². The Morgan fingerprint density at radius 2 is 1.25 bits per heavy atom. The van der Waals surface area contributed by atoms with Crippen LogP contribution < -0.4 is 0 Å². The van der Waals surface area contributed by atoms with Crippen LogP contribution in [0, 0.1) is 17.8 Å². The van der Waals surface area contributed by atoms with E-state index in [0.29, 0.717) is 12.2 Å². The second-order valence-corrected chi connectivity index (χ2v) is 8.65. The van der Waals surface area contributed by atoms with Gasteiger partial charge in [0.05, 0.1) is 0 Å². The standard InChI is InChI=1S/C23H44O/c1-19(2)11-7-12-20(3)13-8-14-21(4)15-9-16-22(5)17-10-18-23(6)24/h17,19-21H,7-16,18H2,1-6H3/b22-17-. The molecule has 0 aromatic heterocycles. The Morgan fingerprint density at radius 1 is 0.750 bits per heavy atom. The second-order valence-electron chi connectivity index (χ2n) is 8.65. The first-order valence-electron chi connectivity index (χ1n) is 10.5. The zero-order valence-corrected chi connectivity index (χ0v) is 17.5. The molecule has 24 heavy (non-hydrogen) atoms. The lowest BCUT2D eigenvalue weighted by atomic mass is 9.91. The molecule has 1 heteroatoms. The van der Waals surface area contributed by atoms with Gasteiger partial charge in [-0.1, -0.05) is 84.3 Å². The SMILES string of the molecule is CC(=O)CC/C=C(/C)CCCC(C)CCCC(C)CCCC(C)C. The van der Waals surface area contributed by atoms with Gasteiger partial charge in [-0.25, -0.2) is 0 Å². The van der Waals surface area contributed by atoms with Crippen LogP contribution in [0.4, 0.5) is 0 Å². The van der Waals surface area contributed by atoms with Gasteiger partial charge in [-0.15, -0.1) is 0 Å². The highest BCUT2D eigenvalue weighted by molar-refractivity contribution is 5.75. The fourth-order valence-corrected chi connectivity index (χ4v) is 3.33. The van der Waals surface area contributed by atoms with E-state index in [9.17, 15) is 4.79 Å². The van der Waals surface area contributed by atoms with Gasteiger partial charge in [0, 0.05) is 6.42 Å². The number of hydrogen-bond donors (Lipinski definition) is 0. The molecule has 0 aromatic rings. The van der Waals surface area contributed by atoms with Gasteiger partial charge in [-0.05, 0) is 50.9 Å². The number of allylic oxidation sites excluding steroid dienone is 2. The molecular weight excluding hydrogens is 292 g/mol. The molecule has 2 atom stereocenters. The molecule has 0 aliphatic heterocycles. The minimum atomic E-state index is 0.297. The highest BCUT2D eigenvalue weighted by Crippen LogP contribution is 2.22. The zero-order chi connectivity index (χ0) is 18.4. The first-order valence-corrected chi connectivity index (χ1v) is 10.5. The average molecular weight is 337 g/mol. The molecule has 0 amide bonds. The molecule has 0 aliphatic rings. The lowest BCUT2D eigenvalue weighted by Crippen LogP contribution is -2.00. The van der Waals surface area contributed by atoms with Gasteiger partial charge >= 0.3 is 0 Å². The number of carbonyl (C=O) groups is 1. The Morgan fingerprint density at radius 3 is 1.75 bits per heavy atom. The highest BCUT2D eigenvalue weighted by atomic mass is 16.1. The minimum Gasteiger partial charge on any atom is -0.300 e. The predicted octanol–water partition coefficient (Wildman–Crippen LogP) is 7.74. The van der Waals surface area contributed by atoms with Gasteiger partial charge in [0.25, 0.3) is 0 Å². The molecule has 0 saturated carbocycles. The third kappa shape index (κ3) is 16.3. The summed E-state index contributed by atoms with van der Waals surface area (Å²) in [6, 6.07) is 0. The van der Waals surface area contributed by atoms with Crippen LogP contribution in [0.3, 0.4) is 0 Å². The lowest BCUT2D eigenvalue weighted by molar-refractivity contribution is -0.116. The van der Waals surface area contributed by atoms with E-state index in [4.69, 9.17) is 0 Å². The quantitative estimate of drug-likeness (QED) is 0.279. The van der Waals surface area contributed by atoms with Crippen LogP contribution in [-0.4, -0.2) is 5.78 Å². The van der Waals surface area contributed by atoms with Crippen molar-refractivity contribution in [1.29, 1.82) is 0 Å². The summed E-state index contributed by atoms with van der Waals surface area (Å²) >= 11 is 0. The van der Waals surface area contributed by atoms with Crippen molar-refractivity contribution in [3.63, 3.8) is 0 Å². The highest BCUT2D eigenvalue weighted by Gasteiger charge is 2.06. The maximum Gasteiger partial charge on any atom is 0.130 e. The van der Waals surface area contributed by atoms with Crippen LogP contribution in [0.25, 0.3) is 0 Å². The molecule has 0 fully saturated rings. The summed E-state index contributed by atoms with van der Waals surface area (Å²) in [5, 5.41) is 0. The molecule has 0 bridgehead atoms. The molecule has 0 aromatic carbocycles. The van der Waals surface area contributed by atoms with Crippen molar-refractivity contribution >= 4 is 5.78 Å². The summed E-state index contributed by atoms with van der Waals surface area (Å²) in [6.45, 7) is 13.4. The minimum absolute atomic E-state index is 0.297. The molecule has 142 valence electrons. The number of Topliss-reactive ketones (excluding diaryl/α,β-unsaturated/α-hetero) is 1. The zero-order valence-electron chi connectivity index (χ0n) is 17.5. The normalized spacial score (nSPS) is 14.9. The van der Waals surface area contributed by atoms with E-state index < -0.39 is 0 Å². The predicted molar refractivity (Wildman–Crippen MR) is 108 cm³/mol. The molecule has 0 aliphatic carbocycles. The monoisotopic (exact) mass is 336 g/mol. The van der Waals surface area contributed by atoms with Crippen molar-refractivity contribution in [3.05, 3.63) is 11.6 Å². The number of carbonyl (C=O) groups excluding carboxylic acids is 1. The van der Waals surface area contributed by atoms with Gasteiger partial charge in [-0.2, -0.15) is 0 Å². The average Bonchev–Trinajstić information content (AvgIpc) is 2.46. The van der Waals surface area contributed by atoms with E-state index in [2.05, 4.69) is 40.7 Å². The van der Waals surface area contributed by atoms with Crippen LogP contribution in [0.1, 0.15) is 112 Å². The van der Waals surface area contributed by atoms with Crippen molar-refractivity contribution < 1.29 is 4.79 Å². The molecular formula is C23H44O. The third-order valence-electron chi connectivity index (χ3n) is 5.13. The van der Waals surface area contributed by atoms with Crippen molar-refractivity contribution in [2.75, 3.05) is 0 Å². The summed E-state index contributed by atoms with van der Waals surface area (Å²) in [6.07, 6.45) is 16.1. The van der Waals surface area contributed by atoms with Crippen LogP contribution in [0.5, 0.6) is 0 Å². The van der Waals surface area contributed by atoms with Gasteiger partial charge in [0.15, 0.2) is 0 Å². The fourth-order valence-electron chi connectivity index (χ4n) is 3.33. The van der Waals surface area contributed by atoms with Gasteiger partial charge in [0.1, 0.15) is 5.78 Å². The largest absolute Gasteiger partial charge is 0.300 e. The summed E-state index contributed by atoms with van der Waals surface area (Å²) in [5.74, 6) is 2.92. The van der Waals surface area contributed by atoms with E-state index in [1.54, 1.807) is 6.92 Å². The summed E-state index contributed by atoms with van der Waals surface area (Å²) in [7, 11) is 0. The molecule has 2 unspecified atom stereocenters. The van der Waals surface area contributed by atoms with Crippen molar-refractivity contribution in [3.8, 4) is 0 Å². The summed E-state index contributed by atoms with van der Waals surface area (Å²) in [5.41, 5.74) is 1.46. The first kappa shape index (κ1) is 23.4. The fraction of sp³-hybridized carbons (Fsp3) is 0.870. The maximum atomic E-state index is 10.9. The van der Waals surface area contributed by atoms with Gasteiger partial charge in [-0.3, -0.25) is 0 Å². The first-order chi connectivity index (χ1) is 11.3. The van der Waals surface area contributed by atoms with Crippen molar-refractivity contribution in [2.45, 2.75) is 112 Å². The number of rotatable bonds is 15. The van der Waals surface area contributed by atoms with E-state index in [1.807, 2.05) is 0 Å². The maximum absolute atomic E-state index is 10.9. The molecule has 1 nitrogen and oxygen atoms in total. The Bertz CT molecular complexity index is 340. The van der Waals surface area contributed by atoms with E-state index in [1.165, 1.54) is 63.4 Å². The van der Waals surface area contributed by atoms with E-state index in [-0.39, 0.29) is 0 Å². The summed E-state index contributed by atoms with van der Waals surface area (Å²) in [4.78, 5) is 10.9. The topological polar surface area (TPSA) is 17.1 Å². The third-order valence-corrected chi connectivity index (χ3v) is 5.13. The lowest BCUT2D eigenvalue weighted by Gasteiger charge is -2.15. The Kier molecular flexibility index (Phi) is 14.4. The van der Waals surface area contributed by atoms with Crippen molar-refractivity contribution in [1.82, 2.24) is 0 Å². The molecule has 0 radical (unpaired) electrons. The second kappa shape index (κ2) is 14.7.